The minimum absolute atomic E-state index is 0.156. The number of aromatic nitrogens is 1. The quantitative estimate of drug-likeness (QED) is 0.345. The second kappa shape index (κ2) is 8.89. The zero-order valence-electron chi connectivity index (χ0n) is 18.3. The fourth-order valence-electron chi connectivity index (χ4n) is 4.11. The van der Waals surface area contributed by atoms with Crippen molar-refractivity contribution < 1.29 is 4.42 Å². The molecule has 5 rings (SSSR count). The summed E-state index contributed by atoms with van der Waals surface area (Å²) in [5, 5.41) is 4.80. The molecule has 0 aliphatic carbocycles. The van der Waals surface area contributed by atoms with E-state index in [1.54, 1.807) is 6.20 Å². The van der Waals surface area contributed by atoms with Gasteiger partial charge >= 0.3 is 0 Å². The van der Waals surface area contributed by atoms with E-state index in [1.165, 1.54) is 0 Å². The number of hydrogen-bond donors (Lipinski definition) is 1. The predicted molar refractivity (Wildman–Crippen MR) is 138 cm³/mol. The molecule has 1 aliphatic heterocycles. The Hall–Kier alpha value is -3.35. The van der Waals surface area contributed by atoms with E-state index >= 15 is 0 Å². The third-order valence-electron chi connectivity index (χ3n) is 5.79. The van der Waals surface area contributed by atoms with Crippen molar-refractivity contribution in [1.29, 1.82) is 0 Å². The van der Waals surface area contributed by atoms with Crippen LogP contribution in [0, 0.1) is 0 Å². The van der Waals surface area contributed by atoms with Crippen LogP contribution in [-0.2, 0) is 0 Å². The first-order valence-electron chi connectivity index (χ1n) is 10.6. The van der Waals surface area contributed by atoms with E-state index in [0.29, 0.717) is 10.1 Å². The van der Waals surface area contributed by atoms with Crippen LogP contribution in [0.4, 0.5) is 11.4 Å². The van der Waals surface area contributed by atoms with Crippen molar-refractivity contribution in [1.82, 2.24) is 10.3 Å². The Balaban J connectivity index is 1.57. The van der Waals surface area contributed by atoms with E-state index in [9.17, 15) is 0 Å². The summed E-state index contributed by atoms with van der Waals surface area (Å²) < 4.78 is 6.39. The molecule has 33 heavy (non-hydrogen) atoms. The van der Waals surface area contributed by atoms with Crippen LogP contribution < -0.4 is 15.1 Å². The Kier molecular flexibility index (Phi) is 5.79. The van der Waals surface area contributed by atoms with Crippen LogP contribution in [0.1, 0.15) is 23.5 Å². The lowest BCUT2D eigenvalue weighted by molar-refractivity contribution is 0.439. The van der Waals surface area contributed by atoms with Gasteiger partial charge in [0.05, 0.1) is 11.7 Å². The van der Waals surface area contributed by atoms with Crippen LogP contribution in [0.2, 0.25) is 5.02 Å². The van der Waals surface area contributed by atoms with Gasteiger partial charge in [0.15, 0.2) is 5.11 Å². The van der Waals surface area contributed by atoms with Crippen LogP contribution in [0.5, 0.6) is 0 Å². The molecule has 0 unspecified atom stereocenters. The predicted octanol–water partition coefficient (Wildman–Crippen LogP) is 6.24. The summed E-state index contributed by atoms with van der Waals surface area (Å²) in [4.78, 5) is 8.78. The highest BCUT2D eigenvalue weighted by atomic mass is 35.5. The van der Waals surface area contributed by atoms with Crippen molar-refractivity contribution in [2.24, 2.45) is 0 Å². The minimum atomic E-state index is -0.196. The van der Waals surface area contributed by atoms with Crippen molar-refractivity contribution in [2.75, 3.05) is 23.9 Å². The zero-order chi connectivity index (χ0) is 22.9. The molecule has 1 N–H and O–H groups in total. The normalized spacial score (nSPS) is 17.8. The van der Waals surface area contributed by atoms with Crippen molar-refractivity contribution in [3.8, 4) is 11.3 Å². The van der Waals surface area contributed by atoms with E-state index in [-0.39, 0.29) is 12.1 Å². The maximum absolute atomic E-state index is 6.39. The summed E-state index contributed by atoms with van der Waals surface area (Å²) in [6, 6.07) is 25.5. The first kappa shape index (κ1) is 21.5. The van der Waals surface area contributed by atoms with Crippen molar-refractivity contribution in [3.63, 3.8) is 0 Å². The first-order valence-corrected chi connectivity index (χ1v) is 11.4. The largest absolute Gasteiger partial charge is 0.459 e. The molecule has 0 amide bonds. The van der Waals surface area contributed by atoms with Crippen LogP contribution in [0.3, 0.4) is 0 Å². The minimum Gasteiger partial charge on any atom is -0.459 e. The highest BCUT2D eigenvalue weighted by Crippen LogP contribution is 2.43. The van der Waals surface area contributed by atoms with E-state index in [2.05, 4.69) is 44.4 Å². The van der Waals surface area contributed by atoms with E-state index < -0.39 is 0 Å². The lowest BCUT2D eigenvalue weighted by Crippen LogP contribution is -2.29. The molecular weight excluding hydrogens is 452 g/mol. The molecule has 2 aromatic carbocycles. The number of nitrogens with zero attached hydrogens (tertiary/aromatic N) is 3. The SMILES string of the molecule is CN(C)c1ccc(N2C(=S)N[C@@H](c3ccccn3)[C@@H]2c2ccc(-c3ccc(Cl)cc3)o2)cc1. The van der Waals surface area contributed by atoms with Gasteiger partial charge in [0.2, 0.25) is 0 Å². The molecule has 0 radical (unpaired) electrons. The van der Waals surface area contributed by atoms with Gasteiger partial charge in [0.25, 0.3) is 0 Å². The van der Waals surface area contributed by atoms with Gasteiger partial charge in [0.1, 0.15) is 17.6 Å². The average Bonchev–Trinajstić information content (AvgIpc) is 3.45. The molecule has 2 atom stereocenters. The molecule has 166 valence electrons. The number of pyridine rings is 1. The summed E-state index contributed by atoms with van der Waals surface area (Å²) in [6.07, 6.45) is 1.80. The summed E-state index contributed by atoms with van der Waals surface area (Å²) in [5.74, 6) is 1.59. The summed E-state index contributed by atoms with van der Waals surface area (Å²) >= 11 is 11.9. The zero-order valence-corrected chi connectivity index (χ0v) is 19.8. The number of nitrogens with one attached hydrogen (secondary N) is 1. The van der Waals surface area contributed by atoms with E-state index in [1.807, 2.05) is 68.7 Å². The Bertz CT molecular complexity index is 1260. The fraction of sp³-hybridized carbons (Fsp3) is 0.154. The molecule has 1 saturated heterocycles. The molecule has 2 aromatic heterocycles. The van der Waals surface area contributed by atoms with Gasteiger partial charge in [0, 0.05) is 42.3 Å². The molecule has 3 heterocycles. The Labute approximate surface area is 203 Å². The van der Waals surface area contributed by atoms with Gasteiger partial charge in [-0.2, -0.15) is 0 Å². The molecule has 7 heteroatoms. The number of anilines is 2. The van der Waals surface area contributed by atoms with Crippen molar-refractivity contribution in [3.05, 3.63) is 102 Å². The van der Waals surface area contributed by atoms with Gasteiger partial charge in [-0.15, -0.1) is 0 Å². The van der Waals surface area contributed by atoms with E-state index in [4.69, 9.17) is 28.2 Å². The summed E-state index contributed by atoms with van der Waals surface area (Å²) in [6.45, 7) is 0. The van der Waals surface area contributed by atoms with E-state index in [0.717, 1.165) is 34.2 Å². The average molecular weight is 475 g/mol. The number of halogens is 1. The molecule has 1 aliphatic rings. The highest BCUT2D eigenvalue weighted by molar-refractivity contribution is 7.80. The lowest BCUT2D eigenvalue weighted by Gasteiger charge is -2.26. The lowest BCUT2D eigenvalue weighted by atomic mass is 10.0. The fourth-order valence-corrected chi connectivity index (χ4v) is 4.59. The van der Waals surface area contributed by atoms with Crippen LogP contribution in [0.15, 0.2) is 89.5 Å². The maximum Gasteiger partial charge on any atom is 0.174 e. The molecule has 1 fully saturated rings. The van der Waals surface area contributed by atoms with Gasteiger partial charge < -0.3 is 19.5 Å². The van der Waals surface area contributed by atoms with Crippen LogP contribution >= 0.6 is 23.8 Å². The topological polar surface area (TPSA) is 44.5 Å². The third kappa shape index (κ3) is 4.19. The monoisotopic (exact) mass is 474 g/mol. The molecule has 4 aromatic rings. The Morgan fingerprint density at radius 1 is 0.970 bits per heavy atom. The molecule has 0 saturated carbocycles. The van der Waals surface area contributed by atoms with Crippen LogP contribution in [0.25, 0.3) is 11.3 Å². The third-order valence-corrected chi connectivity index (χ3v) is 6.36. The Morgan fingerprint density at radius 2 is 1.73 bits per heavy atom. The van der Waals surface area contributed by atoms with Gasteiger partial charge in [-0.25, -0.2) is 0 Å². The molecule has 0 bridgehead atoms. The summed E-state index contributed by atoms with van der Waals surface area (Å²) in [7, 11) is 4.05. The summed E-state index contributed by atoms with van der Waals surface area (Å²) in [5.41, 5.74) is 3.99. The number of rotatable bonds is 5. The van der Waals surface area contributed by atoms with Crippen molar-refractivity contribution >= 4 is 40.3 Å². The number of thiocarbonyl (C=S) groups is 1. The Morgan fingerprint density at radius 3 is 2.39 bits per heavy atom. The van der Waals surface area contributed by atoms with Crippen LogP contribution in [-0.4, -0.2) is 24.2 Å². The first-order chi connectivity index (χ1) is 16.0. The maximum atomic E-state index is 6.39. The molecule has 5 nitrogen and oxygen atoms in total. The smallest absolute Gasteiger partial charge is 0.174 e. The number of furan rings is 1. The van der Waals surface area contributed by atoms with Gasteiger partial charge in [-0.3, -0.25) is 4.98 Å². The van der Waals surface area contributed by atoms with Gasteiger partial charge in [-0.1, -0.05) is 17.7 Å². The standard InChI is InChI=1S/C26H23ClN4OS/c1-30(2)19-10-12-20(13-11-19)31-25(24(29-26(31)33)21-5-3-4-16-28-21)23-15-14-22(32-23)17-6-8-18(27)9-7-17/h3-16,24-25H,1-2H3,(H,29,33)/t24-,25-/m0/s1. The molecule has 0 spiro atoms. The number of hydrogen-bond acceptors (Lipinski definition) is 4. The molecular formula is C26H23ClN4OS. The highest BCUT2D eigenvalue weighted by Gasteiger charge is 2.42. The van der Waals surface area contributed by atoms with Crippen molar-refractivity contribution in [2.45, 2.75) is 12.1 Å². The number of benzene rings is 2. The second-order valence-corrected chi connectivity index (χ2v) is 8.94. The second-order valence-electron chi connectivity index (χ2n) is 8.12. The van der Waals surface area contributed by atoms with Gasteiger partial charge in [-0.05, 0) is 85.0 Å².